The monoisotopic (exact) mass is 403 g/mol. The number of oxazole rings is 1. The molecule has 1 aliphatic heterocycles. The van der Waals surface area contributed by atoms with Gasteiger partial charge in [-0.05, 0) is 52.3 Å². The van der Waals surface area contributed by atoms with Crippen molar-refractivity contribution in [3.63, 3.8) is 0 Å². The number of amides is 1. The van der Waals surface area contributed by atoms with Crippen molar-refractivity contribution >= 4 is 5.91 Å². The van der Waals surface area contributed by atoms with Crippen LogP contribution in [0.4, 0.5) is 4.39 Å². The van der Waals surface area contributed by atoms with Gasteiger partial charge in [-0.25, -0.2) is 9.37 Å². The molecule has 2 aromatic rings. The van der Waals surface area contributed by atoms with Gasteiger partial charge in [-0.15, -0.1) is 0 Å². The van der Waals surface area contributed by atoms with Crippen molar-refractivity contribution in [1.82, 2.24) is 14.8 Å². The highest BCUT2D eigenvalue weighted by molar-refractivity contribution is 5.79. The summed E-state index contributed by atoms with van der Waals surface area (Å²) in [5.74, 6) is 1.22. The lowest BCUT2D eigenvalue weighted by Gasteiger charge is -2.34. The molecule has 1 unspecified atom stereocenters. The summed E-state index contributed by atoms with van der Waals surface area (Å²) in [4.78, 5) is 21.4. The van der Waals surface area contributed by atoms with Crippen molar-refractivity contribution in [2.75, 3.05) is 33.3 Å². The van der Waals surface area contributed by atoms with Gasteiger partial charge >= 0.3 is 0 Å². The van der Waals surface area contributed by atoms with Gasteiger partial charge in [0.05, 0.1) is 24.3 Å². The Kier molecular flexibility index (Phi) is 6.90. The Morgan fingerprint density at radius 3 is 2.79 bits per heavy atom. The summed E-state index contributed by atoms with van der Waals surface area (Å²) >= 11 is 0. The maximum Gasteiger partial charge on any atom is 0.229 e. The fourth-order valence-electron chi connectivity index (χ4n) is 3.89. The van der Waals surface area contributed by atoms with Gasteiger partial charge in [-0.1, -0.05) is 0 Å². The first-order valence-electron chi connectivity index (χ1n) is 10.3. The van der Waals surface area contributed by atoms with Gasteiger partial charge in [-0.3, -0.25) is 9.69 Å². The second-order valence-electron chi connectivity index (χ2n) is 7.45. The van der Waals surface area contributed by atoms with Crippen molar-refractivity contribution in [2.45, 2.75) is 40.2 Å². The number of benzene rings is 1. The van der Waals surface area contributed by atoms with Crippen LogP contribution >= 0.6 is 0 Å². The van der Waals surface area contributed by atoms with Crippen molar-refractivity contribution < 1.29 is 18.3 Å². The molecular weight excluding hydrogens is 373 g/mol. The van der Waals surface area contributed by atoms with Crippen LogP contribution in [0.3, 0.4) is 0 Å². The van der Waals surface area contributed by atoms with Crippen molar-refractivity contribution in [2.24, 2.45) is 5.92 Å². The number of rotatable bonds is 7. The second kappa shape index (κ2) is 9.39. The molecule has 0 saturated carbocycles. The topological polar surface area (TPSA) is 58.8 Å². The minimum absolute atomic E-state index is 0.0226. The number of likely N-dealkylation sites (tertiary alicyclic amines) is 1. The van der Waals surface area contributed by atoms with Gasteiger partial charge in [-0.2, -0.15) is 0 Å². The molecule has 0 spiro atoms. The second-order valence-corrected chi connectivity index (χ2v) is 7.45. The van der Waals surface area contributed by atoms with Crippen LogP contribution in [0.15, 0.2) is 22.6 Å². The first-order valence-corrected chi connectivity index (χ1v) is 10.3. The summed E-state index contributed by atoms with van der Waals surface area (Å²) in [6, 6.07) is 4.62. The standard InChI is InChI=1S/C22H30FN3O3/c1-5-26(6-2)22(27)16-8-7-11-25(13-16)14-20-15(3)29-21(24-20)18-10-9-17(28-4)12-19(18)23/h9-10,12,16H,5-8,11,13-14H2,1-4H3. The van der Waals surface area contributed by atoms with E-state index in [-0.39, 0.29) is 17.7 Å². The lowest BCUT2D eigenvalue weighted by molar-refractivity contribution is -0.137. The molecule has 1 aromatic carbocycles. The van der Waals surface area contributed by atoms with Crippen LogP contribution in [0, 0.1) is 18.7 Å². The molecular formula is C22H30FN3O3. The minimum atomic E-state index is -0.431. The molecule has 1 aromatic heterocycles. The highest BCUT2D eigenvalue weighted by atomic mass is 19.1. The number of carbonyl (C=O) groups is 1. The number of methoxy groups -OCH3 is 1. The number of halogens is 1. The quantitative estimate of drug-likeness (QED) is 0.702. The Labute approximate surface area is 171 Å². The normalized spacial score (nSPS) is 17.3. The Morgan fingerprint density at radius 1 is 1.38 bits per heavy atom. The number of nitrogens with zero attached hydrogens (tertiary/aromatic N) is 3. The van der Waals surface area contributed by atoms with E-state index in [2.05, 4.69) is 9.88 Å². The number of ether oxygens (including phenoxy) is 1. The van der Waals surface area contributed by atoms with Crippen LogP contribution in [0.1, 0.15) is 38.1 Å². The third-order valence-electron chi connectivity index (χ3n) is 5.60. The number of aryl methyl sites for hydroxylation is 1. The average molecular weight is 403 g/mol. The van der Waals surface area contributed by atoms with E-state index in [1.807, 2.05) is 25.7 Å². The molecule has 1 saturated heterocycles. The molecule has 158 valence electrons. The molecule has 29 heavy (non-hydrogen) atoms. The number of aromatic nitrogens is 1. The summed E-state index contributed by atoms with van der Waals surface area (Å²) < 4.78 is 25.2. The fourth-order valence-corrected chi connectivity index (χ4v) is 3.89. The predicted octanol–water partition coefficient (Wildman–Crippen LogP) is 3.88. The minimum Gasteiger partial charge on any atom is -0.497 e. The highest BCUT2D eigenvalue weighted by Crippen LogP contribution is 2.28. The largest absolute Gasteiger partial charge is 0.497 e. The van der Waals surface area contributed by atoms with E-state index in [4.69, 9.17) is 9.15 Å². The smallest absolute Gasteiger partial charge is 0.229 e. The van der Waals surface area contributed by atoms with E-state index in [0.29, 0.717) is 30.2 Å². The molecule has 1 aliphatic rings. The van der Waals surface area contributed by atoms with Crippen LogP contribution in [0.25, 0.3) is 11.5 Å². The number of hydrogen-bond donors (Lipinski definition) is 0. The zero-order chi connectivity index (χ0) is 21.0. The molecule has 1 amide bonds. The van der Waals surface area contributed by atoms with Crippen molar-refractivity contribution in [3.8, 4) is 17.2 Å². The molecule has 6 nitrogen and oxygen atoms in total. The van der Waals surface area contributed by atoms with Gasteiger partial charge < -0.3 is 14.1 Å². The lowest BCUT2D eigenvalue weighted by Crippen LogP contribution is -2.44. The molecule has 0 N–H and O–H groups in total. The molecule has 7 heteroatoms. The van der Waals surface area contributed by atoms with E-state index < -0.39 is 5.82 Å². The van der Waals surface area contributed by atoms with Crippen LogP contribution in [0.2, 0.25) is 0 Å². The number of piperidine rings is 1. The van der Waals surface area contributed by atoms with Crippen LogP contribution < -0.4 is 4.74 Å². The summed E-state index contributed by atoms with van der Waals surface area (Å²) in [5.41, 5.74) is 1.10. The predicted molar refractivity (Wildman–Crippen MR) is 109 cm³/mol. The lowest BCUT2D eigenvalue weighted by atomic mass is 9.96. The van der Waals surface area contributed by atoms with E-state index in [9.17, 15) is 9.18 Å². The Morgan fingerprint density at radius 2 is 2.14 bits per heavy atom. The highest BCUT2D eigenvalue weighted by Gasteiger charge is 2.29. The molecule has 3 rings (SSSR count). The van der Waals surface area contributed by atoms with Gasteiger partial charge in [0.25, 0.3) is 0 Å². The SMILES string of the molecule is CCN(CC)C(=O)C1CCCN(Cc2nc(-c3ccc(OC)cc3F)oc2C)C1. The molecule has 2 heterocycles. The average Bonchev–Trinajstić information content (AvgIpc) is 3.08. The summed E-state index contributed by atoms with van der Waals surface area (Å²) in [6.07, 6.45) is 1.90. The zero-order valence-corrected chi connectivity index (χ0v) is 17.7. The molecule has 1 fully saturated rings. The van der Waals surface area contributed by atoms with E-state index in [0.717, 1.165) is 38.2 Å². The Hall–Kier alpha value is -2.41. The van der Waals surface area contributed by atoms with Crippen LogP contribution in [0.5, 0.6) is 5.75 Å². The maximum atomic E-state index is 14.4. The molecule has 0 aliphatic carbocycles. The third-order valence-corrected chi connectivity index (χ3v) is 5.60. The maximum absolute atomic E-state index is 14.4. The first-order chi connectivity index (χ1) is 14.0. The van der Waals surface area contributed by atoms with Crippen LogP contribution in [-0.4, -0.2) is 54.0 Å². The zero-order valence-electron chi connectivity index (χ0n) is 17.7. The van der Waals surface area contributed by atoms with Crippen molar-refractivity contribution in [3.05, 3.63) is 35.5 Å². The Bertz CT molecular complexity index is 848. The van der Waals surface area contributed by atoms with Gasteiger partial charge in [0.15, 0.2) is 0 Å². The van der Waals surface area contributed by atoms with Crippen molar-refractivity contribution in [1.29, 1.82) is 0 Å². The molecule has 0 radical (unpaired) electrons. The summed E-state index contributed by atoms with van der Waals surface area (Å²) in [5, 5.41) is 0. The third kappa shape index (κ3) is 4.78. The van der Waals surface area contributed by atoms with E-state index in [1.54, 1.807) is 12.1 Å². The molecule has 0 bridgehead atoms. The van der Waals surface area contributed by atoms with Gasteiger partial charge in [0.2, 0.25) is 11.8 Å². The summed E-state index contributed by atoms with van der Waals surface area (Å²) in [6.45, 7) is 9.58. The molecule has 1 atom stereocenters. The van der Waals surface area contributed by atoms with Crippen LogP contribution in [-0.2, 0) is 11.3 Å². The Balaban J connectivity index is 1.72. The first kappa shape index (κ1) is 21.3. The van der Waals surface area contributed by atoms with Gasteiger partial charge in [0.1, 0.15) is 17.3 Å². The summed E-state index contributed by atoms with van der Waals surface area (Å²) in [7, 11) is 1.50. The van der Waals surface area contributed by atoms with Gasteiger partial charge in [0, 0.05) is 32.2 Å². The van der Waals surface area contributed by atoms with E-state index >= 15 is 0 Å². The van der Waals surface area contributed by atoms with E-state index in [1.165, 1.54) is 13.2 Å². The number of hydrogen-bond acceptors (Lipinski definition) is 5. The fraction of sp³-hybridized carbons (Fsp3) is 0.545. The number of carbonyl (C=O) groups excluding carboxylic acids is 1.